The monoisotopic (exact) mass is 404 g/mol. The molecule has 0 aliphatic carbocycles. The molecule has 0 atom stereocenters. The molecule has 2 aromatic carbocycles. The van der Waals surface area contributed by atoms with Gasteiger partial charge in [-0.1, -0.05) is 6.07 Å². The molecule has 6 nitrogen and oxygen atoms in total. The molecule has 0 bridgehead atoms. The third-order valence-corrected chi connectivity index (χ3v) is 5.73. The summed E-state index contributed by atoms with van der Waals surface area (Å²) in [6, 6.07) is 12.4. The maximum Gasteiger partial charge on any atom is 0.257 e. The highest BCUT2D eigenvalue weighted by Crippen LogP contribution is 2.30. The van der Waals surface area contributed by atoms with Crippen molar-refractivity contribution in [3.05, 3.63) is 70.4 Å². The molecule has 0 radical (unpaired) electrons. The fourth-order valence-electron chi connectivity index (χ4n) is 2.98. The first-order valence-corrected chi connectivity index (χ1v) is 9.93. The number of thiazole rings is 1. The molecule has 0 aliphatic heterocycles. The van der Waals surface area contributed by atoms with Crippen LogP contribution >= 0.6 is 11.3 Å². The third kappa shape index (κ3) is 3.90. The second-order valence-electron chi connectivity index (χ2n) is 6.83. The Morgan fingerprint density at radius 1 is 1.03 bits per heavy atom. The number of hydrogen-bond donors (Lipinski definition) is 3. The number of aryl methyl sites for hydroxylation is 3. The summed E-state index contributed by atoms with van der Waals surface area (Å²) in [7, 11) is 0. The van der Waals surface area contributed by atoms with E-state index in [9.17, 15) is 9.90 Å². The summed E-state index contributed by atoms with van der Waals surface area (Å²) in [5, 5.41) is 17.4. The van der Waals surface area contributed by atoms with Gasteiger partial charge < -0.3 is 10.4 Å². The van der Waals surface area contributed by atoms with Crippen molar-refractivity contribution >= 4 is 44.7 Å². The lowest BCUT2D eigenvalue weighted by atomic mass is 10.1. The average molecular weight is 404 g/mol. The number of hydrogen-bond acceptors (Lipinski definition) is 6. The molecule has 0 spiro atoms. The van der Waals surface area contributed by atoms with E-state index in [4.69, 9.17) is 0 Å². The van der Waals surface area contributed by atoms with E-state index < -0.39 is 0 Å². The first-order valence-electron chi connectivity index (χ1n) is 9.11. The SMILES string of the molecule is Cc1ccc(O)cc1Nc1ccnc2ccc(C(=O)Nc3nc(C)c(C)s3)cc12. The average Bonchev–Trinajstić information content (AvgIpc) is 3.01. The fourth-order valence-corrected chi connectivity index (χ4v) is 3.79. The van der Waals surface area contributed by atoms with Crippen LogP contribution in [-0.4, -0.2) is 21.0 Å². The van der Waals surface area contributed by atoms with Gasteiger partial charge in [-0.3, -0.25) is 15.1 Å². The number of phenols is 1. The summed E-state index contributed by atoms with van der Waals surface area (Å²) in [6.07, 6.45) is 1.71. The zero-order valence-corrected chi connectivity index (χ0v) is 17.1. The number of nitrogens with zero attached hydrogens (tertiary/aromatic N) is 2. The van der Waals surface area contributed by atoms with Crippen LogP contribution in [0.3, 0.4) is 0 Å². The smallest absolute Gasteiger partial charge is 0.257 e. The number of carbonyl (C=O) groups is 1. The minimum atomic E-state index is -0.219. The number of rotatable bonds is 4. The Balaban J connectivity index is 1.68. The molecule has 7 heteroatoms. The van der Waals surface area contributed by atoms with Crippen LogP contribution in [0.15, 0.2) is 48.7 Å². The van der Waals surface area contributed by atoms with Gasteiger partial charge in [-0.05, 0) is 56.7 Å². The van der Waals surface area contributed by atoms with Crippen molar-refractivity contribution in [3.63, 3.8) is 0 Å². The Labute approximate surface area is 172 Å². The molecule has 4 aromatic rings. The first-order chi connectivity index (χ1) is 13.9. The summed E-state index contributed by atoms with van der Waals surface area (Å²) >= 11 is 1.46. The van der Waals surface area contributed by atoms with Crippen molar-refractivity contribution in [2.45, 2.75) is 20.8 Å². The molecule has 29 heavy (non-hydrogen) atoms. The molecule has 2 heterocycles. The van der Waals surface area contributed by atoms with E-state index in [0.29, 0.717) is 10.7 Å². The molecule has 0 fully saturated rings. The minimum Gasteiger partial charge on any atom is -0.508 e. The lowest BCUT2D eigenvalue weighted by molar-refractivity contribution is 0.102. The highest BCUT2D eigenvalue weighted by molar-refractivity contribution is 7.15. The number of anilines is 3. The van der Waals surface area contributed by atoms with E-state index in [1.807, 2.05) is 45.0 Å². The maximum atomic E-state index is 12.7. The summed E-state index contributed by atoms with van der Waals surface area (Å²) in [4.78, 5) is 22.6. The lowest BCUT2D eigenvalue weighted by Crippen LogP contribution is -2.11. The molecule has 0 aliphatic rings. The van der Waals surface area contributed by atoms with Gasteiger partial charge in [0.15, 0.2) is 5.13 Å². The number of benzene rings is 2. The number of pyridine rings is 1. The summed E-state index contributed by atoms with van der Waals surface area (Å²) in [5.41, 5.74) is 4.80. The van der Waals surface area contributed by atoms with Gasteiger partial charge in [-0.25, -0.2) is 4.98 Å². The Morgan fingerprint density at radius 3 is 2.62 bits per heavy atom. The van der Waals surface area contributed by atoms with Crippen molar-refractivity contribution < 1.29 is 9.90 Å². The molecule has 0 unspecified atom stereocenters. The van der Waals surface area contributed by atoms with Crippen LogP contribution in [0.2, 0.25) is 0 Å². The van der Waals surface area contributed by atoms with Crippen LogP contribution < -0.4 is 10.6 Å². The van der Waals surface area contributed by atoms with Gasteiger partial charge >= 0.3 is 0 Å². The third-order valence-electron chi connectivity index (χ3n) is 4.74. The van der Waals surface area contributed by atoms with E-state index >= 15 is 0 Å². The number of amides is 1. The van der Waals surface area contributed by atoms with Crippen molar-refractivity contribution in [2.24, 2.45) is 0 Å². The molecule has 1 amide bonds. The van der Waals surface area contributed by atoms with E-state index in [1.165, 1.54) is 11.3 Å². The van der Waals surface area contributed by atoms with E-state index in [2.05, 4.69) is 20.6 Å². The highest BCUT2D eigenvalue weighted by atomic mass is 32.1. The van der Waals surface area contributed by atoms with Gasteiger partial charge in [0, 0.05) is 39.5 Å². The minimum absolute atomic E-state index is 0.186. The predicted octanol–water partition coefficient (Wildman–Crippen LogP) is 5.32. The largest absolute Gasteiger partial charge is 0.508 e. The molecule has 146 valence electrons. The van der Waals surface area contributed by atoms with E-state index in [-0.39, 0.29) is 11.7 Å². The Kier molecular flexibility index (Phi) is 4.90. The number of carbonyl (C=O) groups excluding carboxylic acids is 1. The maximum absolute atomic E-state index is 12.7. The Bertz CT molecular complexity index is 1210. The van der Waals surface area contributed by atoms with Crippen molar-refractivity contribution in [1.29, 1.82) is 0 Å². The topological polar surface area (TPSA) is 87.1 Å². The predicted molar refractivity (Wildman–Crippen MR) is 117 cm³/mol. The van der Waals surface area contributed by atoms with Gasteiger partial charge in [0.1, 0.15) is 5.75 Å². The number of aromatic hydroxyl groups is 1. The van der Waals surface area contributed by atoms with Gasteiger partial charge in [-0.2, -0.15) is 0 Å². The van der Waals surface area contributed by atoms with Gasteiger partial charge in [-0.15, -0.1) is 11.3 Å². The zero-order valence-electron chi connectivity index (χ0n) is 16.3. The van der Waals surface area contributed by atoms with Crippen LogP contribution in [0.5, 0.6) is 5.75 Å². The van der Waals surface area contributed by atoms with Crippen molar-refractivity contribution in [2.75, 3.05) is 10.6 Å². The molecule has 0 saturated carbocycles. The zero-order chi connectivity index (χ0) is 20.5. The van der Waals surface area contributed by atoms with Crippen LogP contribution in [0, 0.1) is 20.8 Å². The molecule has 0 saturated heterocycles. The number of fused-ring (bicyclic) bond motifs is 1. The number of aromatic nitrogens is 2. The van der Waals surface area contributed by atoms with Gasteiger partial charge in [0.25, 0.3) is 5.91 Å². The van der Waals surface area contributed by atoms with Crippen LogP contribution in [0.25, 0.3) is 10.9 Å². The second kappa shape index (κ2) is 7.52. The van der Waals surface area contributed by atoms with Crippen LogP contribution in [-0.2, 0) is 0 Å². The molecular weight excluding hydrogens is 384 g/mol. The lowest BCUT2D eigenvalue weighted by Gasteiger charge is -2.13. The second-order valence-corrected chi connectivity index (χ2v) is 8.03. The van der Waals surface area contributed by atoms with Crippen molar-refractivity contribution in [3.8, 4) is 5.75 Å². The summed E-state index contributed by atoms with van der Waals surface area (Å²) < 4.78 is 0. The Morgan fingerprint density at radius 2 is 1.86 bits per heavy atom. The van der Waals surface area contributed by atoms with Crippen LogP contribution in [0.4, 0.5) is 16.5 Å². The van der Waals surface area contributed by atoms with Crippen molar-refractivity contribution in [1.82, 2.24) is 9.97 Å². The highest BCUT2D eigenvalue weighted by Gasteiger charge is 2.13. The summed E-state index contributed by atoms with van der Waals surface area (Å²) in [5.74, 6) is -0.0328. The standard InChI is InChI=1S/C22H20N4O2S/c1-12-4-6-16(27)11-20(12)25-19-8-9-23-18-7-5-15(10-17(18)19)21(28)26-22-24-13(2)14(3)29-22/h4-11,27H,1-3H3,(H,23,25)(H,24,26,28). The molecule has 2 aromatic heterocycles. The Hall–Kier alpha value is -3.45. The molecule has 3 N–H and O–H groups in total. The quantitative estimate of drug-likeness (QED) is 0.429. The first kappa shape index (κ1) is 18.9. The molecule has 4 rings (SSSR count). The molecular formula is C22H20N4O2S. The van der Waals surface area contributed by atoms with E-state index in [0.717, 1.165) is 38.4 Å². The van der Waals surface area contributed by atoms with E-state index in [1.54, 1.807) is 24.4 Å². The van der Waals surface area contributed by atoms with Gasteiger partial charge in [0.2, 0.25) is 0 Å². The normalized spacial score (nSPS) is 10.9. The number of phenolic OH excluding ortho intramolecular Hbond substituents is 1. The number of nitrogens with one attached hydrogen (secondary N) is 2. The van der Waals surface area contributed by atoms with Gasteiger partial charge in [0.05, 0.1) is 11.2 Å². The fraction of sp³-hybridized carbons (Fsp3) is 0.136. The summed E-state index contributed by atoms with van der Waals surface area (Å²) in [6.45, 7) is 5.86. The van der Waals surface area contributed by atoms with Crippen LogP contribution in [0.1, 0.15) is 26.5 Å².